The first-order valence-corrected chi connectivity index (χ1v) is 22.0. The van der Waals surface area contributed by atoms with Crippen LogP contribution in [0.15, 0.2) is 233 Å². The SMILES string of the molecule is c1ccc(N(c2ccccc2-c2cccc3oc4ccccc4c23)c2cccc3c2-c2ccccc2C32c3ccccc3-c3ccccc32)c(-c2cccc3oc4ccccc4c23)c1. The Hall–Kier alpha value is -8.40. The average molecular weight is 816 g/mol. The summed E-state index contributed by atoms with van der Waals surface area (Å²) in [6, 6.07) is 81.6. The van der Waals surface area contributed by atoms with Crippen molar-refractivity contribution in [3.63, 3.8) is 0 Å². The first-order valence-electron chi connectivity index (χ1n) is 22.0. The minimum atomic E-state index is -0.498. The van der Waals surface area contributed by atoms with E-state index in [-0.39, 0.29) is 0 Å². The van der Waals surface area contributed by atoms with Crippen LogP contribution in [0.1, 0.15) is 22.3 Å². The molecule has 2 aliphatic rings. The second kappa shape index (κ2) is 13.3. The van der Waals surface area contributed by atoms with Gasteiger partial charge in [-0.15, -0.1) is 0 Å². The van der Waals surface area contributed by atoms with Gasteiger partial charge in [-0.1, -0.05) is 182 Å². The molecule has 0 atom stereocenters. The number of anilines is 3. The fourth-order valence-corrected chi connectivity index (χ4v) is 11.5. The molecule has 0 amide bonds. The van der Waals surface area contributed by atoms with E-state index < -0.39 is 5.41 Å². The molecule has 14 rings (SSSR count). The van der Waals surface area contributed by atoms with E-state index in [9.17, 15) is 0 Å². The summed E-state index contributed by atoms with van der Waals surface area (Å²) in [6.07, 6.45) is 0. The largest absolute Gasteiger partial charge is 0.456 e. The molecule has 3 heteroatoms. The molecule has 0 unspecified atom stereocenters. The van der Waals surface area contributed by atoms with Crippen LogP contribution in [0.5, 0.6) is 0 Å². The van der Waals surface area contributed by atoms with Crippen LogP contribution in [-0.2, 0) is 5.41 Å². The number of furan rings is 2. The third-order valence-electron chi connectivity index (χ3n) is 13.9. The molecule has 0 saturated heterocycles. The third-order valence-corrected chi connectivity index (χ3v) is 13.9. The maximum Gasteiger partial charge on any atom is 0.136 e. The van der Waals surface area contributed by atoms with Gasteiger partial charge >= 0.3 is 0 Å². The van der Waals surface area contributed by atoms with Crippen LogP contribution < -0.4 is 4.90 Å². The second-order valence-corrected chi connectivity index (χ2v) is 17.0. The highest BCUT2D eigenvalue weighted by Crippen LogP contribution is 2.65. The van der Waals surface area contributed by atoms with Crippen molar-refractivity contribution in [3.8, 4) is 44.5 Å². The van der Waals surface area contributed by atoms with E-state index in [1.54, 1.807) is 0 Å². The van der Waals surface area contributed by atoms with Crippen LogP contribution in [0.2, 0.25) is 0 Å². The van der Waals surface area contributed by atoms with Crippen molar-refractivity contribution < 1.29 is 8.83 Å². The summed E-state index contributed by atoms with van der Waals surface area (Å²) in [6.45, 7) is 0. The first kappa shape index (κ1) is 35.2. The highest BCUT2D eigenvalue weighted by Gasteiger charge is 2.52. The minimum Gasteiger partial charge on any atom is -0.456 e. The van der Waals surface area contributed by atoms with Gasteiger partial charge in [-0.25, -0.2) is 0 Å². The number of fused-ring (bicyclic) bond motifs is 16. The molecule has 1 spiro atoms. The molecule has 3 nitrogen and oxygen atoms in total. The van der Waals surface area contributed by atoms with Gasteiger partial charge in [0.15, 0.2) is 0 Å². The molecule has 0 radical (unpaired) electrons. The maximum atomic E-state index is 6.52. The molecule has 298 valence electrons. The topological polar surface area (TPSA) is 29.5 Å². The van der Waals surface area contributed by atoms with E-state index in [2.05, 4.69) is 217 Å². The molecule has 0 fully saturated rings. The van der Waals surface area contributed by atoms with Crippen molar-refractivity contribution in [1.29, 1.82) is 0 Å². The predicted octanol–water partition coefficient (Wildman–Crippen LogP) is 16.6. The number of benzene rings is 10. The fraction of sp³-hybridized carbons (Fsp3) is 0.0164. The zero-order valence-corrected chi connectivity index (χ0v) is 34.6. The number of rotatable bonds is 5. The Kier molecular flexibility index (Phi) is 7.32. The molecule has 2 aliphatic carbocycles. The molecule has 0 saturated carbocycles. The van der Waals surface area contributed by atoms with E-state index >= 15 is 0 Å². The van der Waals surface area contributed by atoms with Gasteiger partial charge < -0.3 is 13.7 Å². The lowest BCUT2D eigenvalue weighted by Crippen LogP contribution is -2.26. The highest BCUT2D eigenvalue weighted by molar-refractivity contribution is 6.16. The lowest BCUT2D eigenvalue weighted by Gasteiger charge is -2.33. The number of para-hydroxylation sites is 4. The lowest BCUT2D eigenvalue weighted by molar-refractivity contribution is 0.668. The van der Waals surface area contributed by atoms with Crippen molar-refractivity contribution >= 4 is 60.9 Å². The Balaban J connectivity index is 1.11. The van der Waals surface area contributed by atoms with Crippen molar-refractivity contribution in [2.45, 2.75) is 5.41 Å². The van der Waals surface area contributed by atoms with Crippen LogP contribution in [-0.4, -0.2) is 0 Å². The van der Waals surface area contributed by atoms with E-state index in [1.807, 2.05) is 12.1 Å². The number of hydrogen-bond acceptors (Lipinski definition) is 3. The molecule has 0 N–H and O–H groups in total. The molecular formula is C61H37NO2. The van der Waals surface area contributed by atoms with Crippen LogP contribution >= 0.6 is 0 Å². The molecule has 0 aliphatic heterocycles. The lowest BCUT2D eigenvalue weighted by atomic mass is 9.70. The summed E-state index contributed by atoms with van der Waals surface area (Å²) in [7, 11) is 0. The monoisotopic (exact) mass is 815 g/mol. The molecule has 64 heavy (non-hydrogen) atoms. The van der Waals surface area contributed by atoms with Gasteiger partial charge in [-0.2, -0.15) is 0 Å². The molecule has 12 aromatic rings. The van der Waals surface area contributed by atoms with Gasteiger partial charge in [0.05, 0.1) is 22.5 Å². The summed E-state index contributed by atoms with van der Waals surface area (Å²) in [4.78, 5) is 2.54. The van der Waals surface area contributed by atoms with Crippen LogP contribution in [0, 0.1) is 0 Å². The average Bonchev–Trinajstić information content (AvgIpc) is 4.10. The summed E-state index contributed by atoms with van der Waals surface area (Å²) in [5.41, 5.74) is 21.0. The summed E-state index contributed by atoms with van der Waals surface area (Å²) < 4.78 is 13.0. The van der Waals surface area contributed by atoms with E-state index in [0.717, 1.165) is 83.2 Å². The Morgan fingerprint density at radius 2 is 0.625 bits per heavy atom. The zero-order valence-electron chi connectivity index (χ0n) is 34.6. The minimum absolute atomic E-state index is 0.498. The molecular weight excluding hydrogens is 779 g/mol. The van der Waals surface area contributed by atoms with Gasteiger partial charge in [0.1, 0.15) is 22.3 Å². The Morgan fingerprint density at radius 3 is 1.17 bits per heavy atom. The molecule has 2 heterocycles. The number of nitrogens with zero attached hydrogens (tertiary/aromatic N) is 1. The molecule has 0 bridgehead atoms. The van der Waals surface area contributed by atoms with Gasteiger partial charge in [0.25, 0.3) is 0 Å². The van der Waals surface area contributed by atoms with E-state index in [1.165, 1.54) is 44.5 Å². The van der Waals surface area contributed by atoms with Crippen molar-refractivity contribution in [1.82, 2.24) is 0 Å². The quantitative estimate of drug-likeness (QED) is 0.173. The summed E-state index contributed by atoms with van der Waals surface area (Å²) in [5, 5.41) is 4.41. The van der Waals surface area contributed by atoms with Crippen molar-refractivity contribution in [2.24, 2.45) is 0 Å². The fourth-order valence-electron chi connectivity index (χ4n) is 11.5. The standard InChI is InChI=1S/C61H37NO2/c1-8-27-47-38(18-1)39-19-2-9-28-48(39)61(47)49-29-10-3-22-44(49)60-50(61)30-17-33-53(60)62(51-31-11-4-20-40(51)42-25-15-36-56-58(42)45-23-6-13-34-54(45)63-56)52-32-12-5-21-41(52)43-26-16-37-57-59(43)46-24-7-14-35-55(46)64-57/h1-37H. The van der Waals surface area contributed by atoms with Gasteiger partial charge in [-0.05, 0) is 92.5 Å². The van der Waals surface area contributed by atoms with Crippen molar-refractivity contribution in [2.75, 3.05) is 4.90 Å². The van der Waals surface area contributed by atoms with Crippen LogP contribution in [0.3, 0.4) is 0 Å². The van der Waals surface area contributed by atoms with E-state index in [4.69, 9.17) is 8.83 Å². The smallest absolute Gasteiger partial charge is 0.136 e. The normalized spacial score (nSPS) is 13.1. The Morgan fingerprint density at radius 1 is 0.266 bits per heavy atom. The van der Waals surface area contributed by atoms with Crippen LogP contribution in [0.4, 0.5) is 17.1 Å². The first-order chi connectivity index (χ1) is 31.8. The molecule has 10 aromatic carbocycles. The van der Waals surface area contributed by atoms with E-state index in [0.29, 0.717) is 0 Å². The third kappa shape index (κ3) is 4.65. The Bertz CT molecular complexity index is 3680. The maximum absolute atomic E-state index is 6.52. The van der Waals surface area contributed by atoms with Gasteiger partial charge in [-0.3, -0.25) is 0 Å². The predicted molar refractivity (Wildman–Crippen MR) is 263 cm³/mol. The van der Waals surface area contributed by atoms with Crippen LogP contribution in [0.25, 0.3) is 88.4 Å². The Labute approximate surface area is 369 Å². The zero-order chi connectivity index (χ0) is 41.9. The van der Waals surface area contributed by atoms with Gasteiger partial charge in [0.2, 0.25) is 0 Å². The van der Waals surface area contributed by atoms with Crippen molar-refractivity contribution in [3.05, 3.63) is 247 Å². The second-order valence-electron chi connectivity index (χ2n) is 17.0. The summed E-state index contributed by atoms with van der Waals surface area (Å²) >= 11 is 0. The molecule has 2 aromatic heterocycles. The number of hydrogen-bond donors (Lipinski definition) is 0. The summed E-state index contributed by atoms with van der Waals surface area (Å²) in [5.74, 6) is 0. The van der Waals surface area contributed by atoms with Gasteiger partial charge in [0, 0.05) is 38.2 Å². The highest BCUT2D eigenvalue weighted by atomic mass is 16.3.